The fourth-order valence-electron chi connectivity index (χ4n) is 4.92. The molecular formula is C28H39N5O6S. The number of fused-ring (bicyclic) bond motifs is 1. The van der Waals surface area contributed by atoms with E-state index in [4.69, 9.17) is 14.5 Å². The highest BCUT2D eigenvalue weighted by Crippen LogP contribution is 2.34. The Balaban J connectivity index is 1.51. The van der Waals surface area contributed by atoms with Gasteiger partial charge in [-0.2, -0.15) is 9.40 Å². The highest BCUT2D eigenvalue weighted by atomic mass is 32.2. The molecule has 218 valence electrons. The Labute approximate surface area is 234 Å². The largest absolute Gasteiger partial charge is 0.493 e. The Bertz CT molecular complexity index is 1510. The average Bonchev–Trinajstić information content (AvgIpc) is 3.21. The number of rotatable bonds is 14. The Morgan fingerprint density at radius 1 is 1.15 bits per heavy atom. The van der Waals surface area contributed by atoms with Crippen LogP contribution in [0, 0.1) is 5.92 Å². The minimum atomic E-state index is -3.76. The molecule has 0 amide bonds. The zero-order chi connectivity index (χ0) is 28.9. The van der Waals surface area contributed by atoms with Crippen LogP contribution in [0.25, 0.3) is 22.4 Å². The summed E-state index contributed by atoms with van der Waals surface area (Å²) in [5, 5.41) is 4.46. The molecule has 0 unspecified atom stereocenters. The van der Waals surface area contributed by atoms with Gasteiger partial charge in [0.2, 0.25) is 10.0 Å². The van der Waals surface area contributed by atoms with Gasteiger partial charge in [0.15, 0.2) is 5.52 Å². The second-order valence-corrected chi connectivity index (χ2v) is 12.1. The number of benzene rings is 1. The monoisotopic (exact) mass is 573 g/mol. The zero-order valence-electron chi connectivity index (χ0n) is 23.7. The van der Waals surface area contributed by atoms with Crippen molar-refractivity contribution in [1.82, 2.24) is 24.1 Å². The lowest BCUT2D eigenvalue weighted by Crippen LogP contribution is -2.49. The predicted octanol–water partition coefficient (Wildman–Crippen LogP) is 3.81. The number of hydrogen-bond acceptors (Lipinski definition) is 8. The molecule has 40 heavy (non-hydrogen) atoms. The van der Waals surface area contributed by atoms with Gasteiger partial charge < -0.3 is 14.5 Å². The Kier molecular flexibility index (Phi) is 9.62. The number of nitrogens with one attached hydrogen (secondary N) is 1. The van der Waals surface area contributed by atoms with Gasteiger partial charge in [0.05, 0.1) is 29.4 Å². The molecule has 0 bridgehead atoms. The zero-order valence-corrected chi connectivity index (χ0v) is 24.6. The van der Waals surface area contributed by atoms with Crippen LogP contribution in [0.3, 0.4) is 0 Å². The van der Waals surface area contributed by atoms with E-state index >= 15 is 0 Å². The van der Waals surface area contributed by atoms with Gasteiger partial charge in [-0.3, -0.25) is 14.3 Å². The van der Waals surface area contributed by atoms with Crippen molar-refractivity contribution in [3.05, 3.63) is 34.2 Å². The van der Waals surface area contributed by atoms with Crippen molar-refractivity contribution < 1.29 is 22.7 Å². The van der Waals surface area contributed by atoms with Gasteiger partial charge in [-0.1, -0.05) is 26.7 Å². The van der Waals surface area contributed by atoms with Crippen molar-refractivity contribution in [2.24, 2.45) is 13.0 Å². The molecule has 0 radical (unpaired) electrons. The maximum atomic E-state index is 13.5. The number of unbranched alkanes of at least 4 members (excludes halogenated alkanes) is 1. The fraction of sp³-hybridized carbons (Fsp3) is 0.571. The number of ether oxygens (including phenoxy) is 2. The second-order valence-electron chi connectivity index (χ2n) is 10.2. The number of hydrogen-bond donors (Lipinski definition) is 1. The first-order valence-corrected chi connectivity index (χ1v) is 15.5. The molecule has 1 fully saturated rings. The first kappa shape index (κ1) is 29.7. The van der Waals surface area contributed by atoms with E-state index in [0.717, 1.165) is 31.4 Å². The van der Waals surface area contributed by atoms with Crippen molar-refractivity contribution in [2.75, 3.05) is 26.3 Å². The van der Waals surface area contributed by atoms with E-state index < -0.39 is 10.0 Å². The summed E-state index contributed by atoms with van der Waals surface area (Å²) in [7, 11) is -2.06. The van der Waals surface area contributed by atoms with E-state index in [1.165, 1.54) is 21.1 Å². The molecule has 0 spiro atoms. The van der Waals surface area contributed by atoms with Crippen LogP contribution in [-0.4, -0.2) is 64.7 Å². The van der Waals surface area contributed by atoms with Crippen LogP contribution in [0.5, 0.6) is 5.75 Å². The number of aromatic nitrogens is 4. The Morgan fingerprint density at radius 3 is 2.62 bits per heavy atom. The SMILES string of the molecule is CCCCC(=O)OCCCC1CN(S(=O)(=O)c2ccc(OCC)c(-c3nc4c(CCC)nn(C)c4c(=O)[nH]3)c2)C1. The molecule has 11 nitrogen and oxygen atoms in total. The summed E-state index contributed by atoms with van der Waals surface area (Å²) in [6.07, 6.45) is 5.22. The highest BCUT2D eigenvalue weighted by Gasteiger charge is 2.36. The van der Waals surface area contributed by atoms with Crippen LogP contribution >= 0.6 is 0 Å². The third kappa shape index (κ3) is 6.38. The van der Waals surface area contributed by atoms with Crippen LogP contribution in [0.4, 0.5) is 0 Å². The van der Waals surface area contributed by atoms with E-state index in [0.29, 0.717) is 67.9 Å². The first-order valence-electron chi connectivity index (χ1n) is 14.1. The van der Waals surface area contributed by atoms with Crippen LogP contribution in [0.2, 0.25) is 0 Å². The molecule has 3 aromatic rings. The summed E-state index contributed by atoms with van der Waals surface area (Å²) in [6, 6.07) is 4.65. The normalized spacial score (nSPS) is 14.4. The lowest BCUT2D eigenvalue weighted by Gasteiger charge is -2.38. The van der Waals surface area contributed by atoms with Gasteiger partial charge in [-0.15, -0.1) is 0 Å². The third-order valence-corrected chi connectivity index (χ3v) is 8.90. The number of carbonyl (C=O) groups excluding carboxylic acids is 1. The molecule has 1 aliphatic rings. The van der Waals surface area contributed by atoms with Gasteiger partial charge in [-0.25, -0.2) is 13.4 Å². The van der Waals surface area contributed by atoms with E-state index in [1.807, 2.05) is 20.8 Å². The number of aryl methyl sites for hydroxylation is 2. The molecule has 0 saturated carbocycles. The molecule has 1 aliphatic heterocycles. The van der Waals surface area contributed by atoms with Crippen LogP contribution in [0.1, 0.15) is 65.0 Å². The van der Waals surface area contributed by atoms with Crippen LogP contribution < -0.4 is 10.3 Å². The standard InChI is InChI=1S/C28H39N5O6S/c1-5-8-12-24(34)39-15-9-11-19-17-33(18-19)40(36,37)20-13-14-23(38-7-3)21(16-20)27-29-25-22(10-6-2)31-32(4)26(25)28(35)30-27/h13-14,16,19H,5-12,15,17-18H2,1-4H3,(H,29,30,35). The van der Waals surface area contributed by atoms with E-state index in [1.54, 1.807) is 13.1 Å². The Hall–Kier alpha value is -3.25. The summed E-state index contributed by atoms with van der Waals surface area (Å²) in [6.45, 7) is 7.43. The summed E-state index contributed by atoms with van der Waals surface area (Å²) in [5.41, 5.74) is 1.64. The van der Waals surface area contributed by atoms with E-state index in [9.17, 15) is 18.0 Å². The van der Waals surface area contributed by atoms with Crippen molar-refractivity contribution in [1.29, 1.82) is 0 Å². The van der Waals surface area contributed by atoms with Gasteiger partial charge in [0, 0.05) is 26.6 Å². The topological polar surface area (TPSA) is 136 Å². The third-order valence-electron chi connectivity index (χ3n) is 7.07. The maximum absolute atomic E-state index is 13.5. The molecule has 3 heterocycles. The van der Waals surface area contributed by atoms with Gasteiger partial charge in [0.1, 0.15) is 17.1 Å². The molecule has 0 aliphatic carbocycles. The number of esters is 1. The quantitative estimate of drug-likeness (QED) is 0.227. The predicted molar refractivity (Wildman–Crippen MR) is 152 cm³/mol. The molecule has 2 aromatic heterocycles. The number of aromatic amines is 1. The molecular weight excluding hydrogens is 534 g/mol. The van der Waals surface area contributed by atoms with Crippen LogP contribution in [-0.2, 0) is 33.0 Å². The van der Waals surface area contributed by atoms with Gasteiger partial charge >= 0.3 is 5.97 Å². The lowest BCUT2D eigenvalue weighted by atomic mass is 9.98. The van der Waals surface area contributed by atoms with Crippen molar-refractivity contribution in [3.63, 3.8) is 0 Å². The molecule has 12 heteroatoms. The number of carbonyl (C=O) groups is 1. The number of H-pyrrole nitrogens is 1. The summed E-state index contributed by atoms with van der Waals surface area (Å²) < 4.78 is 40.9. The summed E-state index contributed by atoms with van der Waals surface area (Å²) in [5.74, 6) is 0.707. The van der Waals surface area contributed by atoms with Gasteiger partial charge in [0.25, 0.3) is 5.56 Å². The average molecular weight is 574 g/mol. The minimum absolute atomic E-state index is 0.108. The first-order chi connectivity index (χ1) is 19.2. The minimum Gasteiger partial charge on any atom is -0.493 e. The summed E-state index contributed by atoms with van der Waals surface area (Å²) in [4.78, 5) is 32.3. The highest BCUT2D eigenvalue weighted by molar-refractivity contribution is 7.89. The van der Waals surface area contributed by atoms with E-state index in [2.05, 4.69) is 10.1 Å². The van der Waals surface area contributed by atoms with Crippen molar-refractivity contribution in [2.45, 2.75) is 70.6 Å². The number of sulfonamides is 1. The molecule has 1 aromatic carbocycles. The van der Waals surface area contributed by atoms with Crippen molar-refractivity contribution >= 4 is 27.0 Å². The number of nitrogens with zero attached hydrogens (tertiary/aromatic N) is 4. The van der Waals surface area contributed by atoms with E-state index in [-0.39, 0.29) is 28.2 Å². The lowest BCUT2D eigenvalue weighted by molar-refractivity contribution is -0.144. The fourth-order valence-corrected chi connectivity index (χ4v) is 6.54. The van der Waals surface area contributed by atoms with Crippen molar-refractivity contribution in [3.8, 4) is 17.1 Å². The van der Waals surface area contributed by atoms with Crippen LogP contribution in [0.15, 0.2) is 27.9 Å². The molecule has 0 atom stereocenters. The smallest absolute Gasteiger partial charge is 0.305 e. The maximum Gasteiger partial charge on any atom is 0.305 e. The molecule has 1 N–H and O–H groups in total. The Morgan fingerprint density at radius 2 is 1.93 bits per heavy atom. The van der Waals surface area contributed by atoms with Gasteiger partial charge in [-0.05, 0) is 56.7 Å². The molecule has 4 rings (SSSR count). The summed E-state index contributed by atoms with van der Waals surface area (Å²) >= 11 is 0. The second kappa shape index (κ2) is 12.9. The molecule has 1 saturated heterocycles.